The molecule has 1 aromatic heterocycles. The normalized spacial score (nSPS) is 13.1. The molecule has 4 aromatic rings. The monoisotopic (exact) mass is 508 g/mol. The zero-order chi connectivity index (χ0) is 26.3. The van der Waals surface area contributed by atoms with Gasteiger partial charge in [-0.05, 0) is 41.5 Å². The topological polar surface area (TPSA) is 64.4 Å². The highest BCUT2D eigenvalue weighted by Crippen LogP contribution is 2.36. The molecule has 0 amide bonds. The van der Waals surface area contributed by atoms with Crippen molar-refractivity contribution >= 4 is 17.0 Å². The van der Waals surface area contributed by atoms with Crippen molar-refractivity contribution in [2.75, 3.05) is 7.11 Å². The fourth-order valence-corrected chi connectivity index (χ4v) is 4.04. The van der Waals surface area contributed by atoms with E-state index in [-0.39, 0.29) is 40.2 Å². The fraction of sp³-hybridized carbons (Fsp3) is 0.200. The van der Waals surface area contributed by atoms with Crippen molar-refractivity contribution in [3.63, 3.8) is 0 Å². The number of carboxylic acid groups (broad SMARTS) is 1. The Balaban J connectivity index is 1.94. The second kappa shape index (κ2) is 9.21. The van der Waals surface area contributed by atoms with Gasteiger partial charge >= 0.3 is 18.3 Å². The number of nitrogens with zero attached hydrogens (tertiary/aromatic N) is 2. The maximum atomic E-state index is 13.4. The van der Waals surface area contributed by atoms with E-state index in [9.17, 15) is 36.2 Å². The number of aliphatic carboxylic acids is 1. The van der Waals surface area contributed by atoms with Gasteiger partial charge in [-0.3, -0.25) is 0 Å². The molecular formula is C25H18F6N2O3. The number of imidazole rings is 1. The molecule has 0 aliphatic rings. The highest BCUT2D eigenvalue weighted by Gasteiger charge is 2.34. The van der Waals surface area contributed by atoms with E-state index in [2.05, 4.69) is 4.98 Å². The van der Waals surface area contributed by atoms with Crippen LogP contribution in [0, 0.1) is 0 Å². The van der Waals surface area contributed by atoms with Crippen molar-refractivity contribution in [2.45, 2.75) is 24.8 Å². The molecule has 4 rings (SSSR count). The number of carbonyl (C=O) groups is 1. The average Bonchev–Trinajstić information content (AvgIpc) is 3.16. The van der Waals surface area contributed by atoms with Crippen molar-refractivity contribution in [3.8, 4) is 5.75 Å². The first-order chi connectivity index (χ1) is 16.9. The number of hydrogen-bond acceptors (Lipinski definition) is 3. The average molecular weight is 508 g/mol. The summed E-state index contributed by atoms with van der Waals surface area (Å²) in [4.78, 5) is 16.9. The van der Waals surface area contributed by atoms with Gasteiger partial charge in [-0.15, -0.1) is 0 Å². The fourth-order valence-electron chi connectivity index (χ4n) is 4.04. The summed E-state index contributed by atoms with van der Waals surface area (Å²) in [6, 6.07) is 11.3. The van der Waals surface area contributed by atoms with Crippen LogP contribution in [0.2, 0.25) is 0 Å². The van der Waals surface area contributed by atoms with E-state index < -0.39 is 35.5 Å². The largest absolute Gasteiger partial charge is 0.494 e. The number of benzene rings is 3. The third kappa shape index (κ3) is 4.86. The maximum Gasteiger partial charge on any atom is 0.416 e. The Morgan fingerprint density at radius 1 is 0.944 bits per heavy atom. The quantitative estimate of drug-likeness (QED) is 0.309. The van der Waals surface area contributed by atoms with Crippen LogP contribution >= 0.6 is 0 Å². The van der Waals surface area contributed by atoms with Gasteiger partial charge in [0.1, 0.15) is 17.1 Å². The predicted octanol–water partition coefficient (Wildman–Crippen LogP) is 6.35. The Bertz CT molecular complexity index is 1430. The minimum absolute atomic E-state index is 0.0404. The van der Waals surface area contributed by atoms with Gasteiger partial charge in [0, 0.05) is 6.42 Å². The summed E-state index contributed by atoms with van der Waals surface area (Å²) in [5, 5.41) is 10.1. The number of ether oxygens (including phenoxy) is 1. The van der Waals surface area contributed by atoms with Crippen molar-refractivity contribution in [1.29, 1.82) is 0 Å². The molecule has 3 aromatic carbocycles. The summed E-state index contributed by atoms with van der Waals surface area (Å²) >= 11 is 0. The van der Waals surface area contributed by atoms with E-state index in [1.165, 1.54) is 35.9 Å². The molecule has 1 unspecified atom stereocenters. The lowest BCUT2D eigenvalue weighted by atomic mass is 10.0. The van der Waals surface area contributed by atoms with E-state index in [1.807, 2.05) is 0 Å². The van der Waals surface area contributed by atoms with Gasteiger partial charge in [0.05, 0.1) is 23.8 Å². The smallest absolute Gasteiger partial charge is 0.416 e. The zero-order valence-corrected chi connectivity index (χ0v) is 18.6. The molecule has 0 aliphatic heterocycles. The number of hydrogen-bond donors (Lipinski definition) is 1. The van der Waals surface area contributed by atoms with Crippen LogP contribution in [0.3, 0.4) is 0 Å². The van der Waals surface area contributed by atoms with Crippen molar-refractivity contribution in [2.24, 2.45) is 0 Å². The first-order valence-electron chi connectivity index (χ1n) is 10.5. The van der Waals surface area contributed by atoms with Gasteiger partial charge in [0.2, 0.25) is 0 Å². The second-order valence-corrected chi connectivity index (χ2v) is 7.96. The molecule has 11 heteroatoms. The number of fused-ring (bicyclic) bond motifs is 1. The first kappa shape index (κ1) is 25.1. The van der Waals surface area contributed by atoms with Crippen LogP contribution in [-0.2, 0) is 23.6 Å². The van der Waals surface area contributed by atoms with Gasteiger partial charge in [-0.1, -0.05) is 36.4 Å². The molecule has 0 saturated carbocycles. The number of methoxy groups -OCH3 is 1. The number of aromatic nitrogens is 2. The van der Waals surface area contributed by atoms with Crippen LogP contribution in [0.5, 0.6) is 5.75 Å². The lowest BCUT2D eigenvalue weighted by molar-refractivity contribution is -0.140. The van der Waals surface area contributed by atoms with Crippen molar-refractivity contribution < 1.29 is 41.0 Å². The van der Waals surface area contributed by atoms with E-state index in [1.54, 1.807) is 12.1 Å². The molecule has 0 fully saturated rings. The van der Waals surface area contributed by atoms with Crippen molar-refractivity contribution in [3.05, 3.63) is 94.8 Å². The predicted molar refractivity (Wildman–Crippen MR) is 118 cm³/mol. The summed E-state index contributed by atoms with van der Waals surface area (Å²) in [6.07, 6.45) is -9.52. The number of para-hydroxylation sites is 1. The summed E-state index contributed by atoms with van der Waals surface area (Å²) in [6.45, 7) is 0. The van der Waals surface area contributed by atoms with Gasteiger partial charge in [0.15, 0.2) is 6.04 Å². The highest BCUT2D eigenvalue weighted by molar-refractivity contribution is 5.86. The summed E-state index contributed by atoms with van der Waals surface area (Å²) in [5.41, 5.74) is -1.46. The number of alkyl halides is 6. The van der Waals surface area contributed by atoms with E-state index in [0.717, 1.165) is 30.3 Å². The lowest BCUT2D eigenvalue weighted by Crippen LogP contribution is -2.23. The molecule has 0 spiro atoms. The molecular weight excluding hydrogens is 490 g/mol. The summed E-state index contributed by atoms with van der Waals surface area (Å²) in [7, 11) is 1.36. The summed E-state index contributed by atoms with van der Waals surface area (Å²) in [5.74, 6) is -1.16. The molecule has 1 heterocycles. The van der Waals surface area contributed by atoms with Crippen LogP contribution in [0.4, 0.5) is 26.3 Å². The van der Waals surface area contributed by atoms with Crippen LogP contribution in [-0.4, -0.2) is 27.7 Å². The molecule has 0 bridgehead atoms. The molecule has 36 heavy (non-hydrogen) atoms. The van der Waals surface area contributed by atoms with Crippen LogP contribution < -0.4 is 4.74 Å². The molecule has 5 nitrogen and oxygen atoms in total. The zero-order valence-electron chi connectivity index (χ0n) is 18.6. The van der Waals surface area contributed by atoms with Gasteiger partial charge < -0.3 is 14.4 Å². The summed E-state index contributed by atoms with van der Waals surface area (Å²) < 4.78 is 86.3. The van der Waals surface area contributed by atoms with Crippen LogP contribution in [0.25, 0.3) is 11.0 Å². The third-order valence-corrected chi connectivity index (χ3v) is 5.61. The van der Waals surface area contributed by atoms with E-state index in [0.29, 0.717) is 0 Å². The highest BCUT2D eigenvalue weighted by atomic mass is 19.4. The lowest BCUT2D eigenvalue weighted by Gasteiger charge is -2.20. The van der Waals surface area contributed by atoms with E-state index in [4.69, 9.17) is 4.74 Å². The van der Waals surface area contributed by atoms with Crippen LogP contribution in [0.15, 0.2) is 66.7 Å². The Morgan fingerprint density at radius 3 is 2.17 bits per heavy atom. The molecule has 1 N–H and O–H groups in total. The van der Waals surface area contributed by atoms with Crippen molar-refractivity contribution in [1.82, 2.24) is 9.55 Å². The third-order valence-electron chi connectivity index (χ3n) is 5.61. The molecule has 1 atom stereocenters. The molecule has 0 aliphatic carbocycles. The number of carboxylic acids is 1. The standard InChI is InChI=1S/C25H18F6N2O3/c1-36-19-10-4-9-18-21(19)32-20(12-14-5-2-7-16(11-14)24(26,27)28)33(18)22(23(34)35)15-6-3-8-17(13-15)25(29,30)31/h2-11,13,22H,12H2,1H3,(H,34,35). The second-order valence-electron chi connectivity index (χ2n) is 7.96. The number of rotatable bonds is 6. The van der Waals surface area contributed by atoms with Gasteiger partial charge in [0.25, 0.3) is 0 Å². The Kier molecular flexibility index (Phi) is 6.42. The Morgan fingerprint density at radius 2 is 1.56 bits per heavy atom. The Labute approximate surface area is 200 Å². The van der Waals surface area contributed by atoms with Gasteiger partial charge in [-0.25, -0.2) is 9.78 Å². The SMILES string of the molecule is COc1cccc2c1nc(Cc1cccc(C(F)(F)F)c1)n2C(C(=O)O)c1cccc(C(F)(F)F)c1. The minimum atomic E-state index is -4.71. The van der Waals surface area contributed by atoms with Crippen LogP contribution in [0.1, 0.15) is 34.1 Å². The first-order valence-corrected chi connectivity index (χ1v) is 10.5. The molecule has 188 valence electrons. The van der Waals surface area contributed by atoms with E-state index >= 15 is 0 Å². The minimum Gasteiger partial charge on any atom is -0.494 e. The number of halogens is 6. The van der Waals surface area contributed by atoms with Gasteiger partial charge in [-0.2, -0.15) is 26.3 Å². The maximum absolute atomic E-state index is 13.4. The molecule has 0 radical (unpaired) electrons. The molecule has 0 saturated heterocycles. The Hall–Kier alpha value is -4.02.